The van der Waals surface area contributed by atoms with Gasteiger partial charge in [-0.25, -0.2) is 4.79 Å². The molecule has 5 saturated heterocycles. The number of furan rings is 1. The van der Waals surface area contributed by atoms with Gasteiger partial charge in [-0.1, -0.05) is 87.4 Å². The largest absolute Gasteiger partial charge is 0.469 e. The number of fused-ring (bicyclic) bond motifs is 6. The number of rotatable bonds is 8. The third-order valence-electron chi connectivity index (χ3n) is 32.5. The van der Waals surface area contributed by atoms with E-state index in [1.807, 2.05) is 6.07 Å². The first-order valence-electron chi connectivity index (χ1n) is 36.4. The molecule has 4 N–H and O–H groups in total. The molecule has 0 radical (unpaired) electrons. The number of benzene rings is 1. The summed E-state index contributed by atoms with van der Waals surface area (Å²) < 4.78 is 38.1. The van der Waals surface area contributed by atoms with E-state index in [0.29, 0.717) is 66.7 Å². The van der Waals surface area contributed by atoms with Crippen LogP contribution >= 0.6 is 0 Å². The van der Waals surface area contributed by atoms with E-state index < -0.39 is 92.7 Å². The van der Waals surface area contributed by atoms with E-state index in [9.17, 15) is 10.2 Å². The zero-order chi connectivity index (χ0) is 60.5. The predicted octanol–water partition coefficient (Wildman–Crippen LogP) is 10.2. The molecule has 18 aliphatic rings. The standard InChI is InChI=1S/C77H94N2O11/c1-42-52-15-6-12-45(52)20-27-70(42)24-9-25-73-60(70)34-51-33-50-14-8-23-71(50)37-49-36-69(2)74(55-22-29-86-59(55)35-54(58(81)39-80)47-18-19-53-48(32-47)21-28-79-41-78-38-57(53)79)26-7-13-46-17-16-44(30-43-10-4-3-5-11-43)31-56(46)75(77(69)66(88-77)68(85)89-74)62(49)72(63(73)61(82)65(75)83)40-87-67(84)64(71)76(51,72)90-73/h3-5,10-11,21-22,28-29,34,42,44-50,52-54,56-58,60,62-66,78,80-81,83H,6,8-9,12,14-20,23-27,30-33,35-41H2,1-2H3. The lowest BCUT2D eigenvalue weighted by atomic mass is 9.28. The minimum absolute atomic E-state index is 0.0482. The highest BCUT2D eigenvalue weighted by Gasteiger charge is 3.00. The molecule has 8 heterocycles. The summed E-state index contributed by atoms with van der Waals surface area (Å²) >= 11 is 0. The second-order valence-corrected chi connectivity index (χ2v) is 34.4. The summed E-state index contributed by atoms with van der Waals surface area (Å²) in [6, 6.07) is 13.2. The number of hydrogen-bond donors (Lipinski definition) is 4. The van der Waals surface area contributed by atoms with Gasteiger partial charge in [-0.15, -0.1) is 0 Å². The van der Waals surface area contributed by atoms with Gasteiger partial charge in [-0.2, -0.15) is 0 Å². The van der Waals surface area contributed by atoms with Crippen LogP contribution in [0.1, 0.15) is 166 Å². The minimum atomic E-state index is -1.55. The summed E-state index contributed by atoms with van der Waals surface area (Å²) in [7, 11) is 0. The van der Waals surface area contributed by atoms with Crippen molar-refractivity contribution in [2.45, 2.75) is 208 Å². The number of ketones is 1. The van der Waals surface area contributed by atoms with Crippen molar-refractivity contribution in [3.05, 3.63) is 83.5 Å². The zero-order valence-corrected chi connectivity index (χ0v) is 53.0. The Bertz CT molecular complexity index is 3530. The van der Waals surface area contributed by atoms with Crippen LogP contribution < -0.4 is 5.32 Å². The average molecular weight is 1220 g/mol. The van der Waals surface area contributed by atoms with Crippen molar-refractivity contribution in [2.24, 2.45) is 122 Å². The van der Waals surface area contributed by atoms with E-state index in [-0.39, 0.29) is 77.5 Å². The Morgan fingerprint density at radius 1 is 0.878 bits per heavy atom. The molecule has 7 spiro atoms. The molecule has 13 nitrogen and oxygen atoms in total. The average Bonchev–Trinajstić information content (AvgIpc) is 1.40. The Balaban J connectivity index is 0.807. The Morgan fingerprint density at radius 3 is 2.63 bits per heavy atom. The number of ether oxygens (including phenoxy) is 4. The Morgan fingerprint density at radius 2 is 1.76 bits per heavy atom. The van der Waals surface area contributed by atoms with Crippen LogP contribution in [0.3, 0.4) is 0 Å². The SMILES string of the molecule is CC1C2CCCC2CCC12CCCC13OC45C(=CC21)CC1CCCC12CC1CC6(C)C7(c8ccoc8CC(C(O)CO)C8CCC9C(C=CN%10CNCC9%10)C8)CC#CC8CCC(Cc9ccccc9)CC8C8(C(O)C(=O)C3C4(COC(=O)C25)C18)C61OC1C(=O)O7. The van der Waals surface area contributed by atoms with Gasteiger partial charge in [-0.05, 0) is 221 Å². The normalized spacial score (nSPS) is 54.2. The highest BCUT2D eigenvalue weighted by Crippen LogP contribution is 2.92. The van der Waals surface area contributed by atoms with E-state index in [4.69, 9.17) is 23.4 Å². The Labute approximate surface area is 530 Å². The number of aliphatic hydroxyl groups is 3. The molecule has 15 fully saturated rings. The minimum Gasteiger partial charge on any atom is -0.469 e. The summed E-state index contributed by atoms with van der Waals surface area (Å²) in [4.78, 5) is 52.8. The van der Waals surface area contributed by atoms with Crippen LogP contribution in [0.15, 0.2) is 71.0 Å². The van der Waals surface area contributed by atoms with Crippen molar-refractivity contribution in [1.82, 2.24) is 10.2 Å². The summed E-state index contributed by atoms with van der Waals surface area (Å²) in [6.45, 7) is 6.37. The Hall–Kier alpha value is -4.29. The Kier molecular flexibility index (Phi) is 11.6. The smallest absolute Gasteiger partial charge is 0.339 e. The number of esters is 2. The van der Waals surface area contributed by atoms with Crippen LogP contribution in [0, 0.1) is 134 Å². The van der Waals surface area contributed by atoms with Crippen molar-refractivity contribution < 1.29 is 53.1 Å². The molecular formula is C77H94N2O11. The highest BCUT2D eigenvalue weighted by atomic mass is 16.7. The molecule has 29 atom stereocenters. The number of carbonyl (C=O) groups is 3. The number of epoxide rings is 1. The molecule has 478 valence electrons. The number of nitrogens with zero attached hydrogens (tertiary/aromatic N) is 1. The van der Waals surface area contributed by atoms with E-state index >= 15 is 19.5 Å². The van der Waals surface area contributed by atoms with Gasteiger partial charge < -0.3 is 43.6 Å². The molecule has 20 rings (SSSR count). The van der Waals surface area contributed by atoms with Gasteiger partial charge in [-0.3, -0.25) is 14.9 Å². The molecule has 29 unspecified atom stereocenters. The fourth-order valence-electron chi connectivity index (χ4n) is 29.9. The zero-order valence-electron chi connectivity index (χ0n) is 53.0. The monoisotopic (exact) mass is 1220 g/mol. The van der Waals surface area contributed by atoms with Crippen molar-refractivity contribution >= 4 is 17.7 Å². The van der Waals surface area contributed by atoms with Crippen molar-refractivity contribution in [1.29, 1.82) is 0 Å². The quantitative estimate of drug-likeness (QED) is 0.0850. The highest BCUT2D eigenvalue weighted by molar-refractivity contribution is 5.94. The summed E-state index contributed by atoms with van der Waals surface area (Å²) in [5, 5.41) is 42.0. The topological polar surface area (TPSA) is 181 Å². The van der Waals surface area contributed by atoms with Gasteiger partial charge in [0.2, 0.25) is 0 Å². The van der Waals surface area contributed by atoms with Gasteiger partial charge >= 0.3 is 11.9 Å². The molecule has 11 aliphatic carbocycles. The maximum absolute atomic E-state index is 18.0. The molecule has 0 amide bonds. The lowest BCUT2D eigenvalue weighted by Gasteiger charge is -2.74. The van der Waals surface area contributed by atoms with Crippen LogP contribution in [-0.2, 0) is 51.8 Å². The van der Waals surface area contributed by atoms with Crippen LogP contribution in [0.4, 0.5) is 0 Å². The number of Topliss-reactive ketones (excluding diaryl/α,β-unsaturated/α-hetero) is 1. The molecule has 10 saturated carbocycles. The maximum atomic E-state index is 18.0. The molecule has 1 aromatic heterocycles. The molecule has 7 aliphatic heterocycles. The first-order valence-corrected chi connectivity index (χ1v) is 36.4. The molecule has 2 aromatic rings. The van der Waals surface area contributed by atoms with Crippen LogP contribution in [-0.4, -0.2) is 106 Å². The van der Waals surface area contributed by atoms with Gasteiger partial charge in [0.15, 0.2) is 17.5 Å². The molecule has 13 heteroatoms. The number of carbonyl (C=O) groups excluding carboxylic acids is 3. The van der Waals surface area contributed by atoms with Crippen LogP contribution in [0.5, 0.6) is 0 Å². The third-order valence-corrected chi connectivity index (χ3v) is 32.5. The second kappa shape index (κ2) is 18.6. The molecule has 1 aromatic carbocycles. The first-order chi connectivity index (χ1) is 43.7. The van der Waals surface area contributed by atoms with Gasteiger partial charge in [0.25, 0.3) is 0 Å². The molecule has 9 bridgehead atoms. The van der Waals surface area contributed by atoms with Crippen LogP contribution in [0.25, 0.3) is 0 Å². The summed E-state index contributed by atoms with van der Waals surface area (Å²) in [5.74, 6) is 7.76. The molecular weight excluding hydrogens is 1130 g/mol. The van der Waals surface area contributed by atoms with Gasteiger partial charge in [0.05, 0.1) is 54.9 Å². The predicted molar refractivity (Wildman–Crippen MR) is 329 cm³/mol. The fourth-order valence-corrected chi connectivity index (χ4v) is 29.9. The van der Waals surface area contributed by atoms with Crippen molar-refractivity contribution in [3.63, 3.8) is 0 Å². The van der Waals surface area contributed by atoms with Crippen molar-refractivity contribution in [3.8, 4) is 11.8 Å². The molecule has 90 heavy (non-hydrogen) atoms. The van der Waals surface area contributed by atoms with Crippen molar-refractivity contribution in [2.75, 3.05) is 26.4 Å². The van der Waals surface area contributed by atoms with E-state index in [1.165, 1.54) is 36.8 Å². The first kappa shape index (κ1) is 56.1. The third kappa shape index (κ3) is 6.25. The second-order valence-electron chi connectivity index (χ2n) is 34.4. The number of aliphatic hydroxyl groups excluding tert-OH is 3. The lowest BCUT2D eigenvalue weighted by Crippen LogP contribution is -2.84. The maximum Gasteiger partial charge on any atom is 0.339 e. The number of hydrogen-bond acceptors (Lipinski definition) is 13. The number of nitrogens with one attached hydrogen (secondary N) is 1. The van der Waals surface area contributed by atoms with E-state index in [1.54, 1.807) is 6.26 Å². The fraction of sp³-hybridized carbons (Fsp3) is 0.753. The summed E-state index contributed by atoms with van der Waals surface area (Å²) in [5.41, 5.74) is -5.98. The lowest BCUT2D eigenvalue weighted by molar-refractivity contribution is -0.315. The van der Waals surface area contributed by atoms with Gasteiger partial charge in [0, 0.05) is 47.2 Å². The van der Waals surface area contributed by atoms with E-state index in [2.05, 4.69) is 84.6 Å². The number of cyclic esters (lactones) is 1. The van der Waals surface area contributed by atoms with Gasteiger partial charge in [0.1, 0.15) is 29.7 Å². The van der Waals surface area contributed by atoms with E-state index in [0.717, 1.165) is 109 Å². The van der Waals surface area contributed by atoms with Crippen LogP contribution in [0.2, 0.25) is 0 Å². The summed E-state index contributed by atoms with van der Waals surface area (Å²) in [6.07, 6.45) is 25.9. The number of allylic oxidation sites excluding steroid dienone is 1.